The second-order valence-corrected chi connectivity index (χ2v) is 4.86. The Balaban J connectivity index is 2.69. The van der Waals surface area contributed by atoms with E-state index in [4.69, 9.17) is 0 Å². The average Bonchev–Trinajstić information content (AvgIpc) is 2.61. The summed E-state index contributed by atoms with van der Waals surface area (Å²) in [5, 5.41) is 1.93. The van der Waals surface area contributed by atoms with Crippen molar-refractivity contribution in [2.75, 3.05) is 0 Å². The van der Waals surface area contributed by atoms with Crippen LogP contribution in [0, 0.1) is 6.92 Å². The topological polar surface area (TPSA) is 32.9 Å². The van der Waals surface area contributed by atoms with E-state index in [1.165, 1.54) is 4.88 Å². The van der Waals surface area contributed by atoms with Gasteiger partial charge >= 0.3 is 0 Å². The molecule has 0 aliphatic carbocycles. The Morgan fingerprint density at radius 1 is 1.20 bits per heavy atom. The first-order chi connectivity index (χ1) is 7.25. The third-order valence-electron chi connectivity index (χ3n) is 2.52. The summed E-state index contributed by atoms with van der Waals surface area (Å²) in [6, 6.07) is 9.86. The fourth-order valence-electron chi connectivity index (χ4n) is 1.86. The maximum atomic E-state index is 11.8. The normalized spacial score (nSPS) is 11.3. The molecule has 74 valence electrons. The van der Waals surface area contributed by atoms with Gasteiger partial charge in [0.15, 0.2) is 0 Å². The summed E-state index contributed by atoms with van der Waals surface area (Å²) in [6.07, 6.45) is 0. The molecule has 0 radical (unpaired) electrons. The molecule has 3 heteroatoms. The second-order valence-electron chi connectivity index (χ2n) is 3.60. The first-order valence-corrected chi connectivity index (χ1v) is 5.58. The monoisotopic (exact) mass is 215 g/mol. The molecule has 0 spiro atoms. The molecule has 0 aliphatic heterocycles. The largest absolute Gasteiger partial charge is 0.321 e. The van der Waals surface area contributed by atoms with E-state index in [2.05, 4.69) is 4.98 Å². The highest BCUT2D eigenvalue weighted by atomic mass is 32.1. The van der Waals surface area contributed by atoms with E-state index < -0.39 is 0 Å². The molecule has 0 saturated carbocycles. The minimum absolute atomic E-state index is 0.00745. The molecule has 15 heavy (non-hydrogen) atoms. The Kier molecular flexibility index (Phi) is 1.70. The van der Waals surface area contributed by atoms with Crippen LogP contribution in [0.1, 0.15) is 4.88 Å². The molecule has 2 heterocycles. The Morgan fingerprint density at radius 2 is 2.00 bits per heavy atom. The molecule has 1 aromatic carbocycles. The average molecular weight is 215 g/mol. The maximum Gasteiger partial charge on any atom is 0.257 e. The smallest absolute Gasteiger partial charge is 0.257 e. The van der Waals surface area contributed by atoms with E-state index in [0.29, 0.717) is 0 Å². The third kappa shape index (κ3) is 1.20. The molecular weight excluding hydrogens is 206 g/mol. The van der Waals surface area contributed by atoms with Crippen molar-refractivity contribution in [2.24, 2.45) is 0 Å². The van der Waals surface area contributed by atoms with Gasteiger partial charge in [0.2, 0.25) is 0 Å². The van der Waals surface area contributed by atoms with E-state index in [9.17, 15) is 4.79 Å². The van der Waals surface area contributed by atoms with Crippen molar-refractivity contribution < 1.29 is 0 Å². The second kappa shape index (κ2) is 2.94. The molecule has 0 amide bonds. The quantitative estimate of drug-likeness (QED) is 0.614. The summed E-state index contributed by atoms with van der Waals surface area (Å²) >= 11 is 1.68. The molecule has 0 atom stereocenters. The highest BCUT2D eigenvalue weighted by Gasteiger charge is 2.06. The molecule has 2 nitrogen and oxygen atoms in total. The molecule has 0 saturated heterocycles. The van der Waals surface area contributed by atoms with Crippen molar-refractivity contribution in [3.05, 3.63) is 45.6 Å². The number of benzene rings is 1. The minimum Gasteiger partial charge on any atom is -0.321 e. The van der Waals surface area contributed by atoms with E-state index in [1.54, 1.807) is 11.3 Å². The summed E-state index contributed by atoms with van der Waals surface area (Å²) in [7, 11) is 0. The molecule has 2 aromatic heterocycles. The number of aromatic amines is 1. The van der Waals surface area contributed by atoms with Crippen molar-refractivity contribution in [3.63, 3.8) is 0 Å². The van der Waals surface area contributed by atoms with Crippen molar-refractivity contribution in [2.45, 2.75) is 6.92 Å². The fourth-order valence-corrected chi connectivity index (χ4v) is 2.91. The highest BCUT2D eigenvalue weighted by molar-refractivity contribution is 7.20. The van der Waals surface area contributed by atoms with Crippen LogP contribution in [0.3, 0.4) is 0 Å². The SMILES string of the molecule is Cc1cc2c(=O)[nH]c3ccccc3c2s1. The lowest BCUT2D eigenvalue weighted by molar-refractivity contribution is 1.35. The van der Waals surface area contributed by atoms with Crippen LogP contribution in [-0.4, -0.2) is 4.98 Å². The summed E-state index contributed by atoms with van der Waals surface area (Å²) in [5.41, 5.74) is 0.921. The third-order valence-corrected chi connectivity index (χ3v) is 3.60. The predicted octanol–water partition coefficient (Wildman–Crippen LogP) is 3.05. The van der Waals surface area contributed by atoms with E-state index in [1.807, 2.05) is 37.3 Å². The number of thiophene rings is 1. The molecule has 0 fully saturated rings. The Hall–Kier alpha value is -1.61. The van der Waals surface area contributed by atoms with Crippen LogP contribution in [0.4, 0.5) is 0 Å². The number of pyridine rings is 1. The molecule has 3 rings (SSSR count). The van der Waals surface area contributed by atoms with Crippen molar-refractivity contribution in [3.8, 4) is 0 Å². The Labute approximate surface area is 90.2 Å². The number of H-pyrrole nitrogens is 1. The van der Waals surface area contributed by atoms with Gasteiger partial charge < -0.3 is 4.98 Å². The van der Waals surface area contributed by atoms with Gasteiger partial charge in [0.05, 0.1) is 5.39 Å². The van der Waals surface area contributed by atoms with E-state index in [0.717, 1.165) is 21.0 Å². The first-order valence-electron chi connectivity index (χ1n) is 4.77. The van der Waals surface area contributed by atoms with Crippen molar-refractivity contribution in [1.82, 2.24) is 4.98 Å². The van der Waals surface area contributed by atoms with Gasteiger partial charge in [-0.05, 0) is 19.1 Å². The van der Waals surface area contributed by atoms with Crippen LogP contribution in [0.2, 0.25) is 0 Å². The number of hydrogen-bond donors (Lipinski definition) is 1. The van der Waals surface area contributed by atoms with Gasteiger partial charge in [0.1, 0.15) is 0 Å². The Morgan fingerprint density at radius 3 is 2.87 bits per heavy atom. The molecule has 3 aromatic rings. The number of fused-ring (bicyclic) bond motifs is 3. The van der Waals surface area contributed by atoms with Crippen LogP contribution in [0.5, 0.6) is 0 Å². The Bertz CT molecular complexity index is 708. The summed E-state index contributed by atoms with van der Waals surface area (Å²) in [5.74, 6) is 0. The number of rotatable bonds is 0. The number of nitrogens with one attached hydrogen (secondary N) is 1. The van der Waals surface area contributed by atoms with Gasteiger partial charge in [-0.3, -0.25) is 4.79 Å². The molecular formula is C12H9NOS. The van der Waals surface area contributed by atoms with Crippen LogP contribution in [0.15, 0.2) is 35.1 Å². The maximum absolute atomic E-state index is 11.8. The van der Waals surface area contributed by atoms with Crippen LogP contribution < -0.4 is 5.56 Å². The molecule has 0 bridgehead atoms. The zero-order valence-corrected chi connectivity index (χ0v) is 9.02. The van der Waals surface area contributed by atoms with E-state index >= 15 is 0 Å². The summed E-state index contributed by atoms with van der Waals surface area (Å²) < 4.78 is 1.09. The van der Waals surface area contributed by atoms with Gasteiger partial charge in [-0.15, -0.1) is 11.3 Å². The number of hydrogen-bond acceptors (Lipinski definition) is 2. The lowest BCUT2D eigenvalue weighted by atomic mass is 10.2. The van der Waals surface area contributed by atoms with Gasteiger partial charge in [-0.25, -0.2) is 0 Å². The van der Waals surface area contributed by atoms with Gasteiger partial charge in [0, 0.05) is 20.5 Å². The molecule has 0 aliphatic rings. The fraction of sp³-hybridized carbons (Fsp3) is 0.0833. The number of para-hydroxylation sites is 1. The van der Waals surface area contributed by atoms with Gasteiger partial charge in [-0.1, -0.05) is 18.2 Å². The van der Waals surface area contributed by atoms with Crippen LogP contribution >= 0.6 is 11.3 Å². The van der Waals surface area contributed by atoms with Crippen molar-refractivity contribution >= 4 is 32.3 Å². The van der Waals surface area contributed by atoms with Gasteiger partial charge in [0.25, 0.3) is 5.56 Å². The molecule has 1 N–H and O–H groups in total. The minimum atomic E-state index is 0.00745. The van der Waals surface area contributed by atoms with E-state index in [-0.39, 0.29) is 5.56 Å². The lowest BCUT2D eigenvalue weighted by Gasteiger charge is -1.97. The lowest BCUT2D eigenvalue weighted by Crippen LogP contribution is -2.04. The first kappa shape index (κ1) is 8.68. The predicted molar refractivity (Wildman–Crippen MR) is 64.7 cm³/mol. The zero-order chi connectivity index (χ0) is 10.4. The zero-order valence-electron chi connectivity index (χ0n) is 8.20. The van der Waals surface area contributed by atoms with Crippen LogP contribution in [-0.2, 0) is 0 Å². The summed E-state index contributed by atoms with van der Waals surface area (Å²) in [6.45, 7) is 2.03. The van der Waals surface area contributed by atoms with Crippen molar-refractivity contribution in [1.29, 1.82) is 0 Å². The standard InChI is InChI=1S/C12H9NOS/c1-7-6-9-11(15-7)8-4-2-3-5-10(8)13-12(9)14/h2-6H,1H3,(H,13,14). The number of aryl methyl sites for hydroxylation is 1. The van der Waals surface area contributed by atoms with Gasteiger partial charge in [-0.2, -0.15) is 0 Å². The van der Waals surface area contributed by atoms with Crippen LogP contribution in [0.25, 0.3) is 21.0 Å². The summed E-state index contributed by atoms with van der Waals surface area (Å²) in [4.78, 5) is 15.8. The highest BCUT2D eigenvalue weighted by Crippen LogP contribution is 2.28. The number of aromatic nitrogens is 1. The molecule has 0 unspecified atom stereocenters.